The van der Waals surface area contributed by atoms with E-state index in [-0.39, 0.29) is 16.2 Å². The Morgan fingerprint density at radius 2 is 0.446 bits per heavy atom. The summed E-state index contributed by atoms with van der Waals surface area (Å²) < 4.78 is 0. The molecule has 3 nitrogen and oxygen atoms in total. The van der Waals surface area contributed by atoms with Crippen molar-refractivity contribution in [3.05, 3.63) is 195 Å². The third-order valence-corrected chi connectivity index (χ3v) is 14.2. The Kier molecular flexibility index (Phi) is 7.46. The molecular weight excluding hydrogens is 679 g/mol. The van der Waals surface area contributed by atoms with E-state index in [4.69, 9.17) is 15.0 Å². The van der Waals surface area contributed by atoms with Gasteiger partial charge in [0.15, 0.2) is 0 Å². The maximum Gasteiger partial charge on any atom is 0.101 e. The lowest BCUT2D eigenvalue weighted by Crippen LogP contribution is -2.51. The molecule has 6 aromatic rings. The van der Waals surface area contributed by atoms with E-state index in [0.29, 0.717) is 0 Å². The molecule has 3 aliphatic heterocycles. The zero-order chi connectivity index (χ0) is 39.9. The number of benzene rings is 3. The molecule has 0 radical (unpaired) electrons. The zero-order valence-corrected chi connectivity index (χ0v) is 35.5. The third-order valence-electron chi connectivity index (χ3n) is 14.2. The number of hydrogen-bond acceptors (Lipinski definition) is 3. The van der Waals surface area contributed by atoms with Crippen molar-refractivity contribution in [1.82, 2.24) is 15.0 Å². The molecule has 0 amide bonds. The summed E-state index contributed by atoms with van der Waals surface area (Å²) in [6.07, 6.45) is 0. The first-order valence-electron chi connectivity index (χ1n) is 20.5. The van der Waals surface area contributed by atoms with Crippen molar-refractivity contribution in [1.29, 1.82) is 0 Å². The minimum absolute atomic E-state index is 0.319. The van der Waals surface area contributed by atoms with Crippen molar-refractivity contribution in [3.8, 4) is 0 Å². The van der Waals surface area contributed by atoms with Gasteiger partial charge in [0.1, 0.15) is 5.41 Å². The molecule has 1 aliphatic carbocycles. The second-order valence-corrected chi connectivity index (χ2v) is 21.0. The van der Waals surface area contributed by atoms with E-state index in [1.165, 1.54) is 33.4 Å². The Morgan fingerprint density at radius 1 is 0.268 bits per heavy atom. The van der Waals surface area contributed by atoms with Crippen LogP contribution in [-0.4, -0.2) is 15.0 Å². The molecule has 56 heavy (non-hydrogen) atoms. The number of hydrogen-bond donors (Lipinski definition) is 0. The number of aromatic nitrogens is 3. The summed E-state index contributed by atoms with van der Waals surface area (Å²) in [5.41, 5.74) is 9.30. The maximum atomic E-state index is 6.00. The monoisotopic (exact) mass is 735 g/mol. The van der Waals surface area contributed by atoms with E-state index in [9.17, 15) is 0 Å². The smallest absolute Gasteiger partial charge is 0.101 e. The molecule has 0 atom stereocenters. The van der Waals surface area contributed by atoms with Gasteiger partial charge in [-0.05, 0) is 91.4 Å². The number of nitrogens with zero attached hydrogens (tertiary/aromatic N) is 3. The van der Waals surface area contributed by atoms with Crippen LogP contribution >= 0.6 is 0 Å². The molecule has 4 aliphatic rings. The summed E-state index contributed by atoms with van der Waals surface area (Å²) >= 11 is 0. The molecule has 0 saturated heterocycles. The van der Waals surface area contributed by atoms with Crippen molar-refractivity contribution >= 4 is 0 Å². The van der Waals surface area contributed by atoms with Gasteiger partial charge in [0, 0.05) is 0 Å². The predicted molar refractivity (Wildman–Crippen MR) is 229 cm³/mol. The molecule has 0 spiro atoms. The lowest BCUT2D eigenvalue weighted by molar-refractivity contribution is 0.230. The second-order valence-electron chi connectivity index (χ2n) is 21.0. The van der Waals surface area contributed by atoms with E-state index >= 15 is 0 Å². The van der Waals surface area contributed by atoms with Gasteiger partial charge in [-0.3, -0.25) is 15.0 Å². The minimum atomic E-state index is -0.835. The molecule has 6 heterocycles. The molecule has 3 aromatic carbocycles. The Morgan fingerprint density at radius 3 is 0.643 bits per heavy atom. The van der Waals surface area contributed by atoms with Gasteiger partial charge in [-0.2, -0.15) is 0 Å². The van der Waals surface area contributed by atoms with Crippen LogP contribution in [0.25, 0.3) is 0 Å². The normalized spacial score (nSPS) is 25.1. The Labute approximate surface area is 335 Å². The number of rotatable bonds is 0. The average molecular weight is 736 g/mol. The van der Waals surface area contributed by atoms with Gasteiger partial charge in [-0.25, -0.2) is 0 Å². The molecule has 0 unspecified atom stereocenters. The van der Waals surface area contributed by atoms with Crippen LogP contribution < -0.4 is 0 Å². The van der Waals surface area contributed by atoms with E-state index in [1.54, 1.807) is 0 Å². The van der Waals surface area contributed by atoms with E-state index < -0.39 is 27.1 Å². The first-order valence-corrected chi connectivity index (χ1v) is 20.5. The number of pyridine rings is 3. The molecule has 10 rings (SSSR count). The largest absolute Gasteiger partial charge is 0.255 e. The first kappa shape index (κ1) is 36.7. The van der Waals surface area contributed by atoms with E-state index in [1.807, 2.05) is 0 Å². The van der Waals surface area contributed by atoms with Crippen LogP contribution in [-0.2, 0) is 21.7 Å². The summed E-state index contributed by atoms with van der Waals surface area (Å²) in [5.74, 6) is 0. The summed E-state index contributed by atoms with van der Waals surface area (Å²) in [5, 5.41) is 0. The SMILES string of the molecule is CC(C)(C)C12c3cccc(c3)C3(C(C)(C)C)c4cccc(c4)C(C(C)(C)C)(c4cccc1c4)c1cccc(n1)C(C(C)(C)C)(c1cccc2n1)c1cccc3n1. The average Bonchev–Trinajstić information content (AvgIpc) is 3.11. The molecule has 0 fully saturated rings. The Balaban J connectivity index is 1.73. The molecule has 16 bridgehead atoms. The van der Waals surface area contributed by atoms with Crippen molar-refractivity contribution in [2.24, 2.45) is 21.7 Å². The van der Waals surface area contributed by atoms with Crippen LogP contribution in [0.4, 0.5) is 0 Å². The summed E-state index contributed by atoms with van der Waals surface area (Å²) in [6.45, 7) is 28.7. The maximum absolute atomic E-state index is 6.00. The highest BCUT2D eigenvalue weighted by Crippen LogP contribution is 2.61. The molecule has 284 valence electrons. The fraction of sp³-hybridized carbons (Fsp3) is 0.377. The van der Waals surface area contributed by atoms with Gasteiger partial charge in [-0.15, -0.1) is 0 Å². The van der Waals surface area contributed by atoms with Crippen LogP contribution in [0.2, 0.25) is 0 Å². The fourth-order valence-electron chi connectivity index (χ4n) is 12.2. The van der Waals surface area contributed by atoms with Crippen molar-refractivity contribution in [2.75, 3.05) is 0 Å². The zero-order valence-electron chi connectivity index (χ0n) is 35.5. The van der Waals surface area contributed by atoms with Crippen LogP contribution in [0, 0.1) is 21.7 Å². The van der Waals surface area contributed by atoms with Gasteiger partial charge >= 0.3 is 0 Å². The highest BCUT2D eigenvalue weighted by atomic mass is 14.9. The summed E-state index contributed by atoms with van der Waals surface area (Å²) in [7, 11) is 0. The quantitative estimate of drug-likeness (QED) is 0.156. The lowest BCUT2D eigenvalue weighted by Gasteiger charge is -2.53. The second kappa shape index (κ2) is 11.4. The standard InChI is InChI=1S/C53H57N3/c1-46(2,3)50-34-19-13-21-36(31-34)51(47(4,5)6)38-23-15-24-39(33-38)52(48(7,8)9,37-22-14-20-35(50)32-37)42-27-18-30-45(56-42)53(49(10,11)12,43-28-16-25-40(50)54-43)44-29-17-26-41(51)55-44/h13-33H,1-12H3. The van der Waals surface area contributed by atoms with Crippen molar-refractivity contribution in [2.45, 2.75) is 105 Å². The highest BCUT2D eigenvalue weighted by molar-refractivity contribution is 5.63. The highest BCUT2D eigenvalue weighted by Gasteiger charge is 2.58. The van der Waals surface area contributed by atoms with Gasteiger partial charge in [0.25, 0.3) is 0 Å². The van der Waals surface area contributed by atoms with Crippen LogP contribution in [0.15, 0.2) is 127 Å². The van der Waals surface area contributed by atoms with Crippen molar-refractivity contribution in [3.63, 3.8) is 0 Å². The van der Waals surface area contributed by atoms with Gasteiger partial charge < -0.3 is 0 Å². The molecule has 3 aromatic heterocycles. The van der Waals surface area contributed by atoms with Crippen LogP contribution in [0.5, 0.6) is 0 Å². The van der Waals surface area contributed by atoms with E-state index in [2.05, 4.69) is 210 Å². The predicted octanol–water partition coefficient (Wildman–Crippen LogP) is 12.3. The third kappa shape index (κ3) is 4.27. The van der Waals surface area contributed by atoms with Gasteiger partial charge in [-0.1, -0.05) is 174 Å². The fourth-order valence-corrected chi connectivity index (χ4v) is 12.2. The topological polar surface area (TPSA) is 38.7 Å². The van der Waals surface area contributed by atoms with E-state index in [0.717, 1.165) is 34.2 Å². The first-order chi connectivity index (χ1) is 26.3. The summed E-state index contributed by atoms with van der Waals surface area (Å²) in [6, 6.07) is 49.0. The lowest BCUT2D eigenvalue weighted by atomic mass is 9.51. The van der Waals surface area contributed by atoms with Gasteiger partial charge in [0.05, 0.1) is 50.4 Å². The molecule has 0 N–H and O–H groups in total. The summed E-state index contributed by atoms with van der Waals surface area (Å²) in [4.78, 5) is 18.0. The van der Waals surface area contributed by atoms with Crippen molar-refractivity contribution < 1.29 is 0 Å². The Hall–Kier alpha value is -4.89. The minimum Gasteiger partial charge on any atom is -0.255 e. The van der Waals surface area contributed by atoms with Crippen LogP contribution in [0.1, 0.15) is 151 Å². The molecule has 3 heteroatoms. The molecule has 0 saturated carbocycles. The Bertz CT molecular complexity index is 1980. The molecular formula is C53H57N3. The van der Waals surface area contributed by atoms with Crippen LogP contribution in [0.3, 0.4) is 0 Å². The van der Waals surface area contributed by atoms with Gasteiger partial charge in [0.2, 0.25) is 0 Å².